The van der Waals surface area contributed by atoms with Gasteiger partial charge in [0, 0.05) is 38.3 Å². The van der Waals surface area contributed by atoms with Crippen LogP contribution in [0.2, 0.25) is 0 Å². The third-order valence-electron chi connectivity index (χ3n) is 4.92. The second-order valence-electron chi connectivity index (χ2n) is 8.81. The molecule has 0 bridgehead atoms. The van der Waals surface area contributed by atoms with Crippen molar-refractivity contribution in [3.05, 3.63) is 29.8 Å². The Kier molecular flexibility index (Phi) is 12.4. The minimum atomic E-state index is -0.495. The fourth-order valence-electron chi connectivity index (χ4n) is 3.40. The summed E-state index contributed by atoms with van der Waals surface area (Å²) in [5, 5.41) is 12.3. The van der Waals surface area contributed by atoms with Crippen LogP contribution in [-0.4, -0.2) is 43.7 Å². The quantitative estimate of drug-likeness (QED) is 0.167. The second-order valence-corrected chi connectivity index (χ2v) is 8.81. The van der Waals surface area contributed by atoms with E-state index in [9.17, 15) is 9.59 Å². The van der Waals surface area contributed by atoms with Crippen molar-refractivity contribution in [3.8, 4) is 0 Å². The molecule has 0 radical (unpaired) electrons. The Bertz CT molecular complexity index is 758. The Morgan fingerprint density at radius 3 is 2.44 bits per heavy atom. The summed E-state index contributed by atoms with van der Waals surface area (Å²) in [6, 6.07) is 7.86. The number of ether oxygens (including phenoxy) is 1. The van der Waals surface area contributed by atoms with E-state index in [0.717, 1.165) is 43.4 Å². The lowest BCUT2D eigenvalue weighted by Gasteiger charge is -2.19. The van der Waals surface area contributed by atoms with Crippen LogP contribution in [0.25, 0.3) is 0 Å². The number of carbonyl (C=O) groups is 2. The highest BCUT2D eigenvalue weighted by molar-refractivity contribution is 14.0. The summed E-state index contributed by atoms with van der Waals surface area (Å²) in [5.74, 6) is 0.951. The van der Waals surface area contributed by atoms with E-state index >= 15 is 0 Å². The molecule has 0 aliphatic heterocycles. The average molecular weight is 559 g/mol. The highest BCUT2D eigenvalue weighted by atomic mass is 127. The Hall–Kier alpha value is -2.04. The van der Waals surface area contributed by atoms with Crippen LogP contribution in [0, 0.1) is 5.92 Å². The number of carbonyl (C=O) groups excluding carboxylic acids is 2. The van der Waals surface area contributed by atoms with Crippen LogP contribution in [0.15, 0.2) is 29.3 Å². The van der Waals surface area contributed by atoms with Crippen LogP contribution in [-0.2, 0) is 16.1 Å². The maximum atomic E-state index is 12.3. The molecule has 2 rings (SSSR count). The van der Waals surface area contributed by atoms with E-state index < -0.39 is 11.7 Å². The molecule has 0 unspecified atom stereocenters. The second kappa shape index (κ2) is 14.2. The van der Waals surface area contributed by atoms with Crippen LogP contribution in [0.5, 0.6) is 0 Å². The van der Waals surface area contributed by atoms with Gasteiger partial charge in [-0.05, 0) is 57.7 Å². The van der Waals surface area contributed by atoms with Gasteiger partial charge in [0.1, 0.15) is 5.60 Å². The van der Waals surface area contributed by atoms with Gasteiger partial charge in [-0.3, -0.25) is 9.79 Å². The van der Waals surface area contributed by atoms with Gasteiger partial charge in [-0.2, -0.15) is 0 Å². The first-order valence-electron chi connectivity index (χ1n) is 11.1. The monoisotopic (exact) mass is 559 g/mol. The number of guanidine groups is 1. The molecule has 1 saturated carbocycles. The van der Waals surface area contributed by atoms with Crippen molar-refractivity contribution in [3.63, 3.8) is 0 Å². The highest BCUT2D eigenvalue weighted by Gasteiger charge is 2.22. The molecule has 180 valence electrons. The van der Waals surface area contributed by atoms with Gasteiger partial charge in [0.15, 0.2) is 5.96 Å². The summed E-state index contributed by atoms with van der Waals surface area (Å²) in [6.07, 6.45) is 4.60. The molecule has 1 aromatic rings. The molecule has 0 atom stereocenters. The molecule has 9 heteroatoms. The van der Waals surface area contributed by atoms with Gasteiger partial charge in [-0.25, -0.2) is 4.79 Å². The Labute approximate surface area is 208 Å². The van der Waals surface area contributed by atoms with Crippen LogP contribution in [0.4, 0.5) is 10.5 Å². The number of amides is 2. The Morgan fingerprint density at radius 1 is 1.09 bits per heavy atom. The number of hydrogen-bond donors (Lipinski definition) is 4. The number of alkyl carbamates (subject to hydrolysis) is 1. The molecule has 1 aromatic carbocycles. The first kappa shape index (κ1) is 28.0. The number of halogens is 1. The number of hydrogen-bond acceptors (Lipinski definition) is 4. The lowest BCUT2D eigenvalue weighted by Crippen LogP contribution is -2.39. The minimum Gasteiger partial charge on any atom is -0.444 e. The SMILES string of the molecule is CN=C(NCCCNC(=O)OC(C)(C)C)NCc1cccc(NC(=O)C2CCCC2)c1.I. The number of aliphatic imine (C=N–C) groups is 1. The maximum Gasteiger partial charge on any atom is 0.407 e. The minimum absolute atomic E-state index is 0. The normalized spacial score (nSPS) is 14.3. The molecule has 0 aromatic heterocycles. The van der Waals surface area contributed by atoms with Crippen molar-refractivity contribution in [2.45, 2.75) is 65.0 Å². The molecule has 0 spiro atoms. The van der Waals surface area contributed by atoms with Gasteiger partial charge in [0.05, 0.1) is 0 Å². The molecule has 2 amide bonds. The van der Waals surface area contributed by atoms with E-state index in [1.165, 1.54) is 0 Å². The van der Waals surface area contributed by atoms with Crippen molar-refractivity contribution in [2.75, 3.05) is 25.5 Å². The third-order valence-corrected chi connectivity index (χ3v) is 4.92. The topological polar surface area (TPSA) is 104 Å². The van der Waals surface area contributed by atoms with Gasteiger partial charge in [-0.1, -0.05) is 25.0 Å². The predicted molar refractivity (Wildman–Crippen MR) is 139 cm³/mol. The fourth-order valence-corrected chi connectivity index (χ4v) is 3.40. The largest absolute Gasteiger partial charge is 0.444 e. The molecule has 0 saturated heterocycles. The summed E-state index contributed by atoms with van der Waals surface area (Å²) in [7, 11) is 1.71. The number of rotatable bonds is 8. The number of nitrogens with one attached hydrogen (secondary N) is 4. The van der Waals surface area contributed by atoms with Crippen molar-refractivity contribution >= 4 is 47.6 Å². The van der Waals surface area contributed by atoms with Crippen LogP contribution in [0.3, 0.4) is 0 Å². The van der Waals surface area contributed by atoms with Crippen LogP contribution >= 0.6 is 24.0 Å². The molecule has 4 N–H and O–H groups in total. The van der Waals surface area contributed by atoms with E-state index in [1.807, 2.05) is 45.0 Å². The third kappa shape index (κ3) is 11.0. The lowest BCUT2D eigenvalue weighted by atomic mass is 10.1. The van der Waals surface area contributed by atoms with Crippen LogP contribution in [0.1, 0.15) is 58.4 Å². The molecular formula is C23H38IN5O3. The summed E-state index contributed by atoms with van der Waals surface area (Å²) >= 11 is 0. The van der Waals surface area contributed by atoms with E-state index in [4.69, 9.17) is 4.74 Å². The molecule has 32 heavy (non-hydrogen) atoms. The van der Waals surface area contributed by atoms with Crippen molar-refractivity contribution in [2.24, 2.45) is 10.9 Å². The van der Waals surface area contributed by atoms with Crippen molar-refractivity contribution in [1.29, 1.82) is 0 Å². The van der Waals surface area contributed by atoms with Crippen molar-refractivity contribution < 1.29 is 14.3 Å². The average Bonchev–Trinajstić information content (AvgIpc) is 3.24. The first-order valence-corrected chi connectivity index (χ1v) is 11.1. The predicted octanol–water partition coefficient (Wildman–Crippen LogP) is 4.01. The zero-order valence-electron chi connectivity index (χ0n) is 19.6. The fraction of sp³-hybridized carbons (Fsp3) is 0.609. The van der Waals surface area contributed by atoms with Crippen LogP contribution < -0.4 is 21.3 Å². The zero-order chi connectivity index (χ0) is 22.7. The van der Waals surface area contributed by atoms with Gasteiger partial charge < -0.3 is 26.0 Å². The summed E-state index contributed by atoms with van der Waals surface area (Å²) in [6.45, 7) is 7.27. The number of anilines is 1. The van der Waals surface area contributed by atoms with Gasteiger partial charge in [-0.15, -0.1) is 24.0 Å². The molecule has 1 aliphatic rings. The van der Waals surface area contributed by atoms with Gasteiger partial charge >= 0.3 is 6.09 Å². The van der Waals surface area contributed by atoms with Crippen molar-refractivity contribution in [1.82, 2.24) is 16.0 Å². The number of benzene rings is 1. The van der Waals surface area contributed by atoms with Gasteiger partial charge in [0.25, 0.3) is 0 Å². The summed E-state index contributed by atoms with van der Waals surface area (Å²) < 4.78 is 5.20. The first-order chi connectivity index (χ1) is 14.8. The Morgan fingerprint density at radius 2 is 1.78 bits per heavy atom. The van der Waals surface area contributed by atoms with E-state index in [-0.39, 0.29) is 35.8 Å². The lowest BCUT2D eigenvalue weighted by molar-refractivity contribution is -0.119. The highest BCUT2D eigenvalue weighted by Crippen LogP contribution is 2.26. The molecule has 0 heterocycles. The zero-order valence-corrected chi connectivity index (χ0v) is 22.0. The molecule has 8 nitrogen and oxygen atoms in total. The summed E-state index contributed by atoms with van der Waals surface area (Å²) in [4.78, 5) is 28.2. The standard InChI is InChI=1S/C23H37N5O3.HI/c1-23(2,3)31-22(30)26-14-8-13-25-21(24-4)27-16-17-9-7-12-19(15-17)28-20(29)18-10-5-6-11-18;/h7,9,12,15,18H,5-6,8,10-11,13-14,16H2,1-4H3,(H,26,30)(H,28,29)(H2,24,25,27);1H. The molecular weight excluding hydrogens is 521 g/mol. The molecule has 1 fully saturated rings. The maximum absolute atomic E-state index is 12.3. The van der Waals surface area contributed by atoms with Gasteiger partial charge in [0.2, 0.25) is 5.91 Å². The molecule has 1 aliphatic carbocycles. The van der Waals surface area contributed by atoms with E-state index in [0.29, 0.717) is 25.6 Å². The van der Waals surface area contributed by atoms with E-state index in [2.05, 4.69) is 26.3 Å². The van der Waals surface area contributed by atoms with E-state index in [1.54, 1.807) is 7.05 Å². The smallest absolute Gasteiger partial charge is 0.407 e. The number of nitrogens with zero attached hydrogens (tertiary/aromatic N) is 1. The Balaban J connectivity index is 0.00000512. The summed E-state index contributed by atoms with van der Waals surface area (Å²) in [5.41, 5.74) is 1.39.